The first kappa shape index (κ1) is 18.8. The van der Waals surface area contributed by atoms with Gasteiger partial charge in [-0.15, -0.1) is 0 Å². The molecular formula is C20H22ClFN2O2. The number of aryl methyl sites for hydroxylation is 1. The Morgan fingerprint density at radius 3 is 2.58 bits per heavy atom. The van der Waals surface area contributed by atoms with Gasteiger partial charge < -0.3 is 10.1 Å². The summed E-state index contributed by atoms with van der Waals surface area (Å²) >= 11 is 6.00. The fourth-order valence-corrected chi connectivity index (χ4v) is 3.24. The molecule has 26 heavy (non-hydrogen) atoms. The quantitative estimate of drug-likeness (QED) is 0.867. The summed E-state index contributed by atoms with van der Waals surface area (Å²) in [4.78, 5) is 14.8. The summed E-state index contributed by atoms with van der Waals surface area (Å²) in [7, 11) is 0. The molecule has 1 unspecified atom stereocenters. The van der Waals surface area contributed by atoms with Gasteiger partial charge in [0, 0.05) is 30.2 Å². The van der Waals surface area contributed by atoms with Crippen molar-refractivity contribution in [2.45, 2.75) is 13.0 Å². The van der Waals surface area contributed by atoms with E-state index < -0.39 is 0 Å². The predicted octanol–water partition coefficient (Wildman–Crippen LogP) is 3.59. The standard InChI is InChI=1S/C20H22ClFN2O2/c1-14-12-16(4-7-18(14)22)20(25)23-13-19(24-8-10-26-11-9-24)15-2-5-17(21)6-3-15/h2-7,12,19H,8-11,13H2,1H3,(H,23,25). The first-order valence-corrected chi connectivity index (χ1v) is 9.04. The molecule has 0 aliphatic carbocycles. The Morgan fingerprint density at radius 2 is 1.92 bits per heavy atom. The molecule has 4 nitrogen and oxygen atoms in total. The minimum Gasteiger partial charge on any atom is -0.379 e. The maximum absolute atomic E-state index is 13.4. The zero-order chi connectivity index (χ0) is 18.5. The van der Waals surface area contributed by atoms with Crippen molar-refractivity contribution in [3.05, 3.63) is 70.0 Å². The van der Waals surface area contributed by atoms with Crippen LogP contribution in [0.1, 0.15) is 27.5 Å². The van der Waals surface area contributed by atoms with Gasteiger partial charge in [-0.05, 0) is 48.4 Å². The van der Waals surface area contributed by atoms with Gasteiger partial charge in [-0.3, -0.25) is 9.69 Å². The van der Waals surface area contributed by atoms with Crippen molar-refractivity contribution < 1.29 is 13.9 Å². The number of hydrogen-bond donors (Lipinski definition) is 1. The van der Waals surface area contributed by atoms with E-state index in [0.717, 1.165) is 18.7 Å². The highest BCUT2D eigenvalue weighted by molar-refractivity contribution is 6.30. The number of morpholine rings is 1. The first-order chi connectivity index (χ1) is 12.5. The summed E-state index contributed by atoms with van der Waals surface area (Å²) in [6, 6.07) is 12.1. The highest BCUT2D eigenvalue weighted by Crippen LogP contribution is 2.23. The molecule has 0 spiro atoms. The van der Waals surface area contributed by atoms with Gasteiger partial charge in [-0.1, -0.05) is 23.7 Å². The lowest BCUT2D eigenvalue weighted by Gasteiger charge is -2.35. The van der Waals surface area contributed by atoms with Gasteiger partial charge in [-0.25, -0.2) is 4.39 Å². The number of hydrogen-bond acceptors (Lipinski definition) is 3. The van der Waals surface area contributed by atoms with E-state index in [2.05, 4.69) is 10.2 Å². The average Bonchev–Trinajstić information content (AvgIpc) is 2.66. The predicted molar refractivity (Wildman–Crippen MR) is 100 cm³/mol. The molecule has 0 bridgehead atoms. The van der Waals surface area contributed by atoms with Gasteiger partial charge in [0.05, 0.1) is 19.3 Å². The second kappa shape index (κ2) is 8.62. The number of nitrogens with zero attached hydrogens (tertiary/aromatic N) is 1. The smallest absolute Gasteiger partial charge is 0.251 e. The Hall–Kier alpha value is -1.95. The van der Waals surface area contributed by atoms with Gasteiger partial charge in [0.1, 0.15) is 5.82 Å². The average molecular weight is 377 g/mol. The molecule has 1 atom stereocenters. The van der Waals surface area contributed by atoms with Crippen molar-refractivity contribution in [3.8, 4) is 0 Å². The molecule has 1 heterocycles. The lowest BCUT2D eigenvalue weighted by molar-refractivity contribution is 0.0162. The second-order valence-electron chi connectivity index (χ2n) is 6.39. The van der Waals surface area contributed by atoms with Crippen LogP contribution in [-0.4, -0.2) is 43.7 Å². The number of nitrogens with one attached hydrogen (secondary N) is 1. The van der Waals surface area contributed by atoms with E-state index in [4.69, 9.17) is 16.3 Å². The summed E-state index contributed by atoms with van der Waals surface area (Å²) < 4.78 is 18.9. The van der Waals surface area contributed by atoms with E-state index >= 15 is 0 Å². The van der Waals surface area contributed by atoms with Crippen molar-refractivity contribution in [2.24, 2.45) is 0 Å². The van der Waals surface area contributed by atoms with Crippen LogP contribution in [0.4, 0.5) is 4.39 Å². The third-order valence-electron chi connectivity index (χ3n) is 4.62. The lowest BCUT2D eigenvalue weighted by atomic mass is 10.0. The zero-order valence-electron chi connectivity index (χ0n) is 14.7. The van der Waals surface area contributed by atoms with E-state index in [0.29, 0.717) is 35.9 Å². The van der Waals surface area contributed by atoms with Crippen LogP contribution >= 0.6 is 11.6 Å². The number of ether oxygens (including phenoxy) is 1. The molecule has 3 rings (SSSR count). The van der Waals surface area contributed by atoms with Crippen molar-refractivity contribution in [1.29, 1.82) is 0 Å². The van der Waals surface area contributed by atoms with Crippen LogP contribution in [0.2, 0.25) is 5.02 Å². The van der Waals surface area contributed by atoms with Gasteiger partial charge in [0.2, 0.25) is 0 Å². The molecule has 1 amide bonds. The zero-order valence-corrected chi connectivity index (χ0v) is 15.4. The van der Waals surface area contributed by atoms with E-state index in [1.807, 2.05) is 24.3 Å². The fourth-order valence-electron chi connectivity index (χ4n) is 3.11. The largest absolute Gasteiger partial charge is 0.379 e. The van der Waals surface area contributed by atoms with Crippen molar-refractivity contribution in [2.75, 3.05) is 32.8 Å². The molecule has 1 saturated heterocycles. The molecule has 1 fully saturated rings. The number of amides is 1. The highest BCUT2D eigenvalue weighted by Gasteiger charge is 2.23. The van der Waals surface area contributed by atoms with Crippen molar-refractivity contribution in [1.82, 2.24) is 10.2 Å². The third-order valence-corrected chi connectivity index (χ3v) is 4.87. The van der Waals surface area contributed by atoms with Crippen LogP contribution in [0.25, 0.3) is 0 Å². The molecular weight excluding hydrogens is 355 g/mol. The fraction of sp³-hybridized carbons (Fsp3) is 0.350. The summed E-state index contributed by atoms with van der Waals surface area (Å²) in [5.41, 5.74) is 2.01. The minimum atomic E-state index is -0.311. The Bertz CT molecular complexity index is 761. The van der Waals surface area contributed by atoms with Crippen LogP contribution in [0.3, 0.4) is 0 Å². The van der Waals surface area contributed by atoms with E-state index in [1.165, 1.54) is 12.1 Å². The molecule has 0 aromatic heterocycles. The monoisotopic (exact) mass is 376 g/mol. The van der Waals surface area contributed by atoms with Crippen LogP contribution < -0.4 is 5.32 Å². The third kappa shape index (κ3) is 4.61. The van der Waals surface area contributed by atoms with Crippen molar-refractivity contribution >= 4 is 17.5 Å². The Balaban J connectivity index is 1.73. The molecule has 1 aliphatic rings. The molecule has 2 aromatic carbocycles. The number of halogens is 2. The molecule has 2 aromatic rings. The van der Waals surface area contributed by atoms with E-state index in [-0.39, 0.29) is 17.8 Å². The van der Waals surface area contributed by atoms with E-state index in [9.17, 15) is 9.18 Å². The molecule has 1 aliphatic heterocycles. The maximum Gasteiger partial charge on any atom is 0.251 e. The van der Waals surface area contributed by atoms with Gasteiger partial charge in [0.15, 0.2) is 0 Å². The normalized spacial score (nSPS) is 16.3. The number of carbonyl (C=O) groups excluding carboxylic acids is 1. The molecule has 0 saturated carbocycles. The Labute approximate surface area is 157 Å². The maximum atomic E-state index is 13.4. The Kier molecular flexibility index (Phi) is 6.25. The molecule has 138 valence electrons. The van der Waals surface area contributed by atoms with Crippen LogP contribution in [-0.2, 0) is 4.74 Å². The summed E-state index contributed by atoms with van der Waals surface area (Å²) in [6.07, 6.45) is 0. The number of rotatable bonds is 5. The highest BCUT2D eigenvalue weighted by atomic mass is 35.5. The topological polar surface area (TPSA) is 41.6 Å². The van der Waals surface area contributed by atoms with E-state index in [1.54, 1.807) is 13.0 Å². The van der Waals surface area contributed by atoms with Gasteiger partial charge in [-0.2, -0.15) is 0 Å². The molecule has 1 N–H and O–H groups in total. The van der Waals surface area contributed by atoms with Gasteiger partial charge in [0.25, 0.3) is 5.91 Å². The minimum absolute atomic E-state index is 0.0293. The number of carbonyl (C=O) groups is 1. The summed E-state index contributed by atoms with van der Waals surface area (Å²) in [5, 5.41) is 3.66. The molecule has 0 radical (unpaired) electrons. The van der Waals surface area contributed by atoms with Crippen molar-refractivity contribution in [3.63, 3.8) is 0 Å². The lowest BCUT2D eigenvalue weighted by Crippen LogP contribution is -2.43. The number of benzene rings is 2. The second-order valence-corrected chi connectivity index (χ2v) is 6.83. The summed E-state index contributed by atoms with van der Waals surface area (Å²) in [6.45, 7) is 5.06. The van der Waals surface area contributed by atoms with Crippen LogP contribution in [0.5, 0.6) is 0 Å². The van der Waals surface area contributed by atoms with Gasteiger partial charge >= 0.3 is 0 Å². The van der Waals surface area contributed by atoms with Crippen LogP contribution in [0.15, 0.2) is 42.5 Å². The summed E-state index contributed by atoms with van der Waals surface area (Å²) in [5.74, 6) is -0.519. The SMILES string of the molecule is Cc1cc(C(=O)NCC(c2ccc(Cl)cc2)N2CCOCC2)ccc1F. The first-order valence-electron chi connectivity index (χ1n) is 8.66. The molecule has 6 heteroatoms. The van der Waals surface area contributed by atoms with Crippen LogP contribution in [0, 0.1) is 12.7 Å². The Morgan fingerprint density at radius 1 is 1.23 bits per heavy atom.